The van der Waals surface area contributed by atoms with E-state index >= 15 is 0 Å². The molecule has 8 nitrogen and oxygen atoms in total. The van der Waals surface area contributed by atoms with Gasteiger partial charge in [0.2, 0.25) is 5.96 Å². The maximum atomic E-state index is 13.0. The summed E-state index contributed by atoms with van der Waals surface area (Å²) in [5.74, 6) is 0.273. The molecule has 0 saturated carbocycles. The Morgan fingerprint density at radius 3 is 2.42 bits per heavy atom. The molecule has 4 rings (SSSR count). The number of guanidine groups is 1. The number of nitrogens with zero attached hydrogens (tertiary/aromatic N) is 4. The molecule has 0 atom stereocenters. The van der Waals surface area contributed by atoms with E-state index in [9.17, 15) is 8.42 Å². The minimum atomic E-state index is -3.76. The first-order chi connectivity index (χ1) is 15.9. The third kappa shape index (κ3) is 5.54. The van der Waals surface area contributed by atoms with Crippen LogP contribution in [0.15, 0.2) is 69.6 Å². The van der Waals surface area contributed by atoms with Crippen molar-refractivity contribution in [3.63, 3.8) is 0 Å². The Kier molecular flexibility index (Phi) is 6.99. The van der Waals surface area contributed by atoms with Crippen LogP contribution >= 0.6 is 0 Å². The van der Waals surface area contributed by atoms with Gasteiger partial charge in [0.1, 0.15) is 0 Å². The summed E-state index contributed by atoms with van der Waals surface area (Å²) in [5, 5.41) is 9.26. The molecule has 176 valence electrons. The number of hydrogen-bond acceptors (Lipinski definition) is 6. The van der Waals surface area contributed by atoms with Crippen LogP contribution in [0.5, 0.6) is 0 Å². The zero-order valence-corrected chi connectivity index (χ0v) is 20.1. The Bertz CT molecular complexity index is 1090. The van der Waals surface area contributed by atoms with Gasteiger partial charge in [0, 0.05) is 37.5 Å². The number of likely N-dealkylation sites (tertiary alicyclic amines) is 1. The summed E-state index contributed by atoms with van der Waals surface area (Å²) in [7, 11) is -1.97. The van der Waals surface area contributed by atoms with Gasteiger partial charge in [-0.3, -0.25) is 9.89 Å². The normalized spacial score (nSPS) is 18.6. The fourth-order valence-corrected chi connectivity index (χ4v) is 5.31. The monoisotopic (exact) mass is 468 g/mol. The van der Waals surface area contributed by atoms with Gasteiger partial charge in [-0.1, -0.05) is 30.3 Å². The van der Waals surface area contributed by atoms with Crippen LogP contribution in [0.1, 0.15) is 25.3 Å². The molecule has 33 heavy (non-hydrogen) atoms. The fourth-order valence-electron chi connectivity index (χ4n) is 4.28. The molecule has 2 aromatic carbocycles. The molecule has 1 spiro atoms. The largest absolute Gasteiger partial charge is 0.388 e. The van der Waals surface area contributed by atoms with Gasteiger partial charge in [-0.2, -0.15) is 5.10 Å². The number of piperidine rings is 1. The third-order valence-corrected chi connectivity index (χ3v) is 7.61. The van der Waals surface area contributed by atoms with Crippen LogP contribution in [0.3, 0.4) is 0 Å². The summed E-state index contributed by atoms with van der Waals surface area (Å²) in [6.45, 7) is 5.89. The fraction of sp³-hybridized carbons (Fsp3) is 0.417. The number of aliphatic imine (C=N–C) groups is 1. The van der Waals surface area contributed by atoms with E-state index in [2.05, 4.69) is 49.3 Å². The number of rotatable bonds is 6. The molecule has 1 fully saturated rings. The molecule has 0 aliphatic carbocycles. The first-order valence-electron chi connectivity index (χ1n) is 11.4. The number of anilines is 1. The highest BCUT2D eigenvalue weighted by Gasteiger charge is 2.40. The van der Waals surface area contributed by atoms with Gasteiger partial charge in [-0.05, 0) is 62.7 Å². The Morgan fingerprint density at radius 1 is 1.09 bits per heavy atom. The average Bonchev–Trinajstić information content (AvgIpc) is 3.25. The summed E-state index contributed by atoms with van der Waals surface area (Å²) < 4.78 is 28.6. The summed E-state index contributed by atoms with van der Waals surface area (Å²) in [6, 6.07) is 17.1. The summed E-state index contributed by atoms with van der Waals surface area (Å²) in [4.78, 5) is 7.08. The topological polar surface area (TPSA) is 89.4 Å². The van der Waals surface area contributed by atoms with Crippen molar-refractivity contribution in [1.82, 2.24) is 14.6 Å². The maximum Gasteiger partial charge on any atom is 0.264 e. The zero-order valence-electron chi connectivity index (χ0n) is 19.2. The smallest absolute Gasteiger partial charge is 0.264 e. The van der Waals surface area contributed by atoms with Crippen molar-refractivity contribution >= 4 is 27.9 Å². The van der Waals surface area contributed by atoms with Crippen molar-refractivity contribution in [3.8, 4) is 0 Å². The first kappa shape index (κ1) is 23.3. The van der Waals surface area contributed by atoms with Crippen molar-refractivity contribution in [3.05, 3.63) is 60.2 Å². The van der Waals surface area contributed by atoms with Gasteiger partial charge < -0.3 is 5.32 Å². The van der Waals surface area contributed by atoms with E-state index in [1.54, 1.807) is 36.3 Å². The molecular weight excluding hydrogens is 436 g/mol. The second-order valence-electron chi connectivity index (χ2n) is 8.60. The highest BCUT2D eigenvalue weighted by Crippen LogP contribution is 2.35. The molecule has 2 N–H and O–H groups in total. The summed E-state index contributed by atoms with van der Waals surface area (Å²) >= 11 is 0. The van der Waals surface area contributed by atoms with E-state index in [0.717, 1.165) is 38.2 Å². The zero-order chi connectivity index (χ0) is 23.3. The number of hydrazone groups is 1. The van der Waals surface area contributed by atoms with E-state index in [4.69, 9.17) is 0 Å². The summed E-state index contributed by atoms with van der Waals surface area (Å²) in [6.07, 6.45) is 3.96. The molecule has 0 unspecified atom stereocenters. The molecule has 2 heterocycles. The Hall–Kier alpha value is -2.91. The lowest BCUT2D eigenvalue weighted by Gasteiger charge is -2.37. The van der Waals surface area contributed by atoms with Crippen LogP contribution in [0.2, 0.25) is 0 Å². The molecular formula is C24H32N6O2S. The minimum Gasteiger partial charge on any atom is -0.388 e. The predicted octanol–water partition coefficient (Wildman–Crippen LogP) is 2.97. The Balaban J connectivity index is 1.39. The van der Waals surface area contributed by atoms with Crippen molar-refractivity contribution < 1.29 is 8.42 Å². The number of benzene rings is 2. The maximum absolute atomic E-state index is 13.0. The minimum absolute atomic E-state index is 0.0540. The van der Waals surface area contributed by atoms with Crippen LogP contribution in [0.25, 0.3) is 0 Å². The van der Waals surface area contributed by atoms with E-state index in [1.165, 1.54) is 5.56 Å². The van der Waals surface area contributed by atoms with Crippen molar-refractivity contribution in [1.29, 1.82) is 0 Å². The second kappa shape index (κ2) is 9.93. The second-order valence-corrected chi connectivity index (χ2v) is 10.3. The van der Waals surface area contributed by atoms with E-state index in [1.807, 2.05) is 19.2 Å². The third-order valence-electron chi connectivity index (χ3n) is 6.27. The SMILES string of the molecule is CCN=C(NS(=O)(=O)c1ccc(NC)cc1)N1CC2(C=N1)CCN(Cc1ccccc1)CC2. The van der Waals surface area contributed by atoms with E-state index in [-0.39, 0.29) is 16.3 Å². The average molecular weight is 469 g/mol. The van der Waals surface area contributed by atoms with Gasteiger partial charge in [0.15, 0.2) is 0 Å². The van der Waals surface area contributed by atoms with Gasteiger partial charge in [-0.15, -0.1) is 0 Å². The molecule has 2 aliphatic rings. The van der Waals surface area contributed by atoms with E-state index in [0.29, 0.717) is 13.1 Å². The molecule has 0 aromatic heterocycles. The molecule has 1 saturated heterocycles. The van der Waals surface area contributed by atoms with Crippen molar-refractivity contribution in [2.45, 2.75) is 31.2 Å². The van der Waals surface area contributed by atoms with Gasteiger partial charge in [0.25, 0.3) is 10.0 Å². The molecule has 0 bridgehead atoms. The van der Waals surface area contributed by atoms with Crippen LogP contribution in [0, 0.1) is 5.41 Å². The van der Waals surface area contributed by atoms with Crippen LogP contribution in [-0.2, 0) is 16.6 Å². The number of nitrogens with one attached hydrogen (secondary N) is 2. The Labute approximate surface area is 196 Å². The molecule has 0 amide bonds. The van der Waals surface area contributed by atoms with Crippen molar-refractivity contribution in [2.75, 3.05) is 38.5 Å². The van der Waals surface area contributed by atoms with Crippen LogP contribution in [-0.4, -0.2) is 63.7 Å². The predicted molar refractivity (Wildman–Crippen MR) is 133 cm³/mol. The van der Waals surface area contributed by atoms with Crippen LogP contribution in [0.4, 0.5) is 5.69 Å². The van der Waals surface area contributed by atoms with E-state index < -0.39 is 10.0 Å². The standard InChI is InChI=1S/C24H32N6O2S/c1-3-26-23(28-33(31,32)22-11-9-21(25-2)10-12-22)30-19-24(18-27-30)13-15-29(16-14-24)17-20-7-5-4-6-8-20/h4-12,18,25H,3,13-17,19H2,1-2H3,(H,26,28). The van der Waals surface area contributed by atoms with Gasteiger partial charge in [-0.25, -0.2) is 18.1 Å². The molecule has 2 aliphatic heterocycles. The van der Waals surface area contributed by atoms with Gasteiger partial charge >= 0.3 is 0 Å². The van der Waals surface area contributed by atoms with Crippen molar-refractivity contribution in [2.24, 2.45) is 15.5 Å². The lowest BCUT2D eigenvalue weighted by molar-refractivity contribution is 0.141. The quantitative estimate of drug-likeness (QED) is 0.503. The van der Waals surface area contributed by atoms with Crippen LogP contribution < -0.4 is 10.0 Å². The molecule has 9 heteroatoms. The highest BCUT2D eigenvalue weighted by molar-refractivity contribution is 7.90. The molecule has 2 aromatic rings. The number of hydrogen-bond donors (Lipinski definition) is 2. The lowest BCUT2D eigenvalue weighted by atomic mass is 9.80. The lowest BCUT2D eigenvalue weighted by Crippen LogP contribution is -2.46. The highest BCUT2D eigenvalue weighted by atomic mass is 32.2. The first-order valence-corrected chi connectivity index (χ1v) is 12.9. The Morgan fingerprint density at radius 2 is 1.79 bits per heavy atom. The number of sulfonamides is 1. The molecule has 0 radical (unpaired) electrons. The summed E-state index contributed by atoms with van der Waals surface area (Å²) in [5.41, 5.74) is 2.12. The van der Waals surface area contributed by atoms with Gasteiger partial charge in [0.05, 0.1) is 11.4 Å².